The molecule has 0 aliphatic heterocycles. The van der Waals surface area contributed by atoms with Gasteiger partial charge >= 0.3 is 0 Å². The third kappa shape index (κ3) is 3.31. The second-order valence-corrected chi connectivity index (χ2v) is 6.48. The van der Waals surface area contributed by atoms with Crippen LogP contribution in [-0.2, 0) is 6.42 Å². The molecule has 0 radical (unpaired) electrons. The normalized spacial score (nSPS) is 12.5. The second-order valence-electron chi connectivity index (χ2n) is 5.62. The molecule has 0 aliphatic carbocycles. The number of aliphatic hydroxyl groups is 1. The highest BCUT2D eigenvalue weighted by Crippen LogP contribution is 2.29. The number of aliphatic hydroxyl groups excluding tert-OH is 1. The monoisotopic (exact) mass is 332 g/mol. The Morgan fingerprint density at radius 2 is 1.55 bits per heavy atom. The van der Waals surface area contributed by atoms with Gasteiger partial charge in [0.05, 0.1) is 6.10 Å². The number of hydrogen-bond donors (Lipinski definition) is 1. The Kier molecular flexibility index (Phi) is 4.66. The highest BCUT2D eigenvalue weighted by Gasteiger charge is 2.15. The average Bonchev–Trinajstić information content (AvgIpc) is 2.36. The number of rotatable bonds is 3. The lowest BCUT2D eigenvalue weighted by molar-refractivity contribution is 0.177. The van der Waals surface area contributed by atoms with Gasteiger partial charge in [0.15, 0.2) is 0 Å². The Balaban J connectivity index is 2.32. The van der Waals surface area contributed by atoms with Crippen LogP contribution < -0.4 is 0 Å². The summed E-state index contributed by atoms with van der Waals surface area (Å²) in [7, 11) is 0. The SMILES string of the molecule is Cc1cc(C)c(CC(O)c2cc(C)ccc2Br)c(C)c1. The standard InChI is InChI=1S/C18H21BrO/c1-11-5-6-17(19)16(9-11)18(20)10-15-13(3)7-12(2)8-14(15)4/h5-9,18,20H,10H2,1-4H3. The van der Waals surface area contributed by atoms with E-state index in [1.165, 1.54) is 27.8 Å². The molecular weight excluding hydrogens is 312 g/mol. The second kappa shape index (κ2) is 6.11. The van der Waals surface area contributed by atoms with Crippen LogP contribution in [0, 0.1) is 27.7 Å². The zero-order chi connectivity index (χ0) is 14.9. The maximum atomic E-state index is 10.6. The number of aryl methyl sites for hydroxylation is 4. The molecule has 0 aliphatic rings. The molecule has 2 aromatic carbocycles. The van der Waals surface area contributed by atoms with E-state index in [2.05, 4.69) is 48.8 Å². The lowest BCUT2D eigenvalue weighted by Gasteiger charge is -2.17. The van der Waals surface area contributed by atoms with Crippen molar-refractivity contribution in [2.24, 2.45) is 0 Å². The quantitative estimate of drug-likeness (QED) is 0.842. The maximum absolute atomic E-state index is 10.6. The Morgan fingerprint density at radius 1 is 0.950 bits per heavy atom. The van der Waals surface area contributed by atoms with Crippen LogP contribution in [0.1, 0.15) is 39.5 Å². The van der Waals surface area contributed by atoms with Crippen LogP contribution in [-0.4, -0.2) is 5.11 Å². The van der Waals surface area contributed by atoms with E-state index >= 15 is 0 Å². The molecule has 2 heteroatoms. The van der Waals surface area contributed by atoms with Gasteiger partial charge in [0, 0.05) is 10.9 Å². The zero-order valence-corrected chi connectivity index (χ0v) is 14.1. The van der Waals surface area contributed by atoms with Crippen LogP contribution in [0.2, 0.25) is 0 Å². The summed E-state index contributed by atoms with van der Waals surface area (Å²) in [6.07, 6.45) is 0.171. The Morgan fingerprint density at radius 3 is 2.15 bits per heavy atom. The summed E-state index contributed by atoms with van der Waals surface area (Å²) >= 11 is 3.53. The summed E-state index contributed by atoms with van der Waals surface area (Å²) in [6.45, 7) is 8.39. The molecule has 2 aromatic rings. The van der Waals surface area contributed by atoms with E-state index in [4.69, 9.17) is 0 Å². The van der Waals surface area contributed by atoms with Gasteiger partial charge in [-0.15, -0.1) is 0 Å². The van der Waals surface area contributed by atoms with Gasteiger partial charge in [-0.3, -0.25) is 0 Å². The molecule has 1 nitrogen and oxygen atoms in total. The van der Waals surface area contributed by atoms with Gasteiger partial charge in [-0.05, 0) is 56.0 Å². The van der Waals surface area contributed by atoms with E-state index in [1.807, 2.05) is 25.1 Å². The Bertz CT molecular complexity index is 608. The van der Waals surface area contributed by atoms with E-state index in [0.717, 1.165) is 10.0 Å². The maximum Gasteiger partial charge on any atom is 0.0841 e. The molecule has 1 atom stereocenters. The largest absolute Gasteiger partial charge is 0.388 e. The van der Waals surface area contributed by atoms with Crippen molar-refractivity contribution in [2.75, 3.05) is 0 Å². The lowest BCUT2D eigenvalue weighted by atomic mass is 9.92. The van der Waals surface area contributed by atoms with Gasteiger partial charge in [-0.25, -0.2) is 0 Å². The summed E-state index contributed by atoms with van der Waals surface area (Å²) in [5.41, 5.74) is 7.16. The first-order chi connectivity index (χ1) is 9.38. The molecule has 1 unspecified atom stereocenters. The van der Waals surface area contributed by atoms with Gasteiger partial charge in [-0.2, -0.15) is 0 Å². The van der Waals surface area contributed by atoms with Crippen molar-refractivity contribution in [3.8, 4) is 0 Å². The fourth-order valence-corrected chi connectivity index (χ4v) is 3.26. The molecule has 0 saturated heterocycles. The smallest absolute Gasteiger partial charge is 0.0841 e. The van der Waals surface area contributed by atoms with E-state index in [0.29, 0.717) is 6.42 Å². The number of hydrogen-bond acceptors (Lipinski definition) is 1. The number of benzene rings is 2. The molecule has 0 saturated carbocycles. The third-order valence-corrected chi connectivity index (χ3v) is 4.47. The first-order valence-electron chi connectivity index (χ1n) is 6.89. The van der Waals surface area contributed by atoms with E-state index in [-0.39, 0.29) is 0 Å². The Hall–Kier alpha value is -1.12. The van der Waals surface area contributed by atoms with Crippen molar-refractivity contribution in [3.05, 3.63) is 68.2 Å². The van der Waals surface area contributed by atoms with Crippen LogP contribution in [0.15, 0.2) is 34.8 Å². The van der Waals surface area contributed by atoms with Crippen LogP contribution in [0.25, 0.3) is 0 Å². The minimum absolute atomic E-state index is 0.482. The summed E-state index contributed by atoms with van der Waals surface area (Å²) in [5, 5.41) is 10.6. The molecule has 0 fully saturated rings. The molecular formula is C18H21BrO. The first-order valence-corrected chi connectivity index (χ1v) is 7.68. The predicted molar refractivity (Wildman–Crippen MR) is 88.2 cm³/mol. The van der Waals surface area contributed by atoms with Crippen LogP contribution in [0.3, 0.4) is 0 Å². The van der Waals surface area contributed by atoms with E-state index in [1.54, 1.807) is 0 Å². The molecule has 0 heterocycles. The summed E-state index contributed by atoms with van der Waals surface area (Å²) < 4.78 is 0.970. The molecule has 0 bridgehead atoms. The van der Waals surface area contributed by atoms with Crippen molar-refractivity contribution in [2.45, 2.75) is 40.2 Å². The summed E-state index contributed by atoms with van der Waals surface area (Å²) in [6, 6.07) is 10.5. The fourth-order valence-electron chi connectivity index (χ4n) is 2.75. The molecule has 106 valence electrons. The fraction of sp³-hybridized carbons (Fsp3) is 0.333. The summed E-state index contributed by atoms with van der Waals surface area (Å²) in [5.74, 6) is 0. The molecule has 2 rings (SSSR count). The molecule has 0 aromatic heterocycles. The van der Waals surface area contributed by atoms with Gasteiger partial charge in [0.25, 0.3) is 0 Å². The van der Waals surface area contributed by atoms with Crippen LogP contribution in [0.4, 0.5) is 0 Å². The van der Waals surface area contributed by atoms with E-state index < -0.39 is 6.10 Å². The van der Waals surface area contributed by atoms with Gasteiger partial charge < -0.3 is 5.11 Å². The van der Waals surface area contributed by atoms with Gasteiger partial charge in [0.2, 0.25) is 0 Å². The Labute approximate surface area is 129 Å². The average molecular weight is 333 g/mol. The minimum Gasteiger partial charge on any atom is -0.388 e. The topological polar surface area (TPSA) is 20.2 Å². The highest BCUT2D eigenvalue weighted by atomic mass is 79.9. The molecule has 0 amide bonds. The predicted octanol–water partition coefficient (Wildman–Crippen LogP) is 4.96. The summed E-state index contributed by atoms with van der Waals surface area (Å²) in [4.78, 5) is 0. The third-order valence-electron chi connectivity index (χ3n) is 3.75. The van der Waals surface area contributed by atoms with Crippen molar-refractivity contribution in [3.63, 3.8) is 0 Å². The first kappa shape index (κ1) is 15.3. The van der Waals surface area contributed by atoms with Crippen molar-refractivity contribution in [1.82, 2.24) is 0 Å². The van der Waals surface area contributed by atoms with Crippen LogP contribution in [0.5, 0.6) is 0 Å². The molecule has 20 heavy (non-hydrogen) atoms. The van der Waals surface area contributed by atoms with Gasteiger partial charge in [0.1, 0.15) is 0 Å². The lowest BCUT2D eigenvalue weighted by Crippen LogP contribution is -2.06. The highest BCUT2D eigenvalue weighted by molar-refractivity contribution is 9.10. The zero-order valence-electron chi connectivity index (χ0n) is 12.5. The molecule has 0 spiro atoms. The number of halogens is 1. The van der Waals surface area contributed by atoms with Crippen molar-refractivity contribution in [1.29, 1.82) is 0 Å². The van der Waals surface area contributed by atoms with E-state index in [9.17, 15) is 5.11 Å². The van der Waals surface area contributed by atoms with Crippen LogP contribution >= 0.6 is 15.9 Å². The van der Waals surface area contributed by atoms with Gasteiger partial charge in [-0.1, -0.05) is 51.3 Å². The van der Waals surface area contributed by atoms with Crippen molar-refractivity contribution < 1.29 is 5.11 Å². The minimum atomic E-state index is -0.482. The molecule has 1 N–H and O–H groups in total. The van der Waals surface area contributed by atoms with Crippen molar-refractivity contribution >= 4 is 15.9 Å².